The summed E-state index contributed by atoms with van der Waals surface area (Å²) in [6.45, 7) is 9.36. The normalized spacial score (nSPS) is 9.83. The fourth-order valence-corrected chi connectivity index (χ4v) is 1.87. The van der Waals surface area contributed by atoms with E-state index in [9.17, 15) is 9.59 Å². The van der Waals surface area contributed by atoms with Gasteiger partial charge in [-0.3, -0.25) is 0 Å². The number of carbonyl (C=O) groups is 2. The molecule has 0 aliphatic carbocycles. The van der Waals surface area contributed by atoms with E-state index in [0.717, 1.165) is 18.9 Å². The van der Waals surface area contributed by atoms with Gasteiger partial charge in [0.15, 0.2) is 5.57 Å². The summed E-state index contributed by atoms with van der Waals surface area (Å²) in [5, 5.41) is 2.77. The number of hydrogen-bond acceptors (Lipinski definition) is 8. The molecule has 8 heteroatoms. The lowest BCUT2D eigenvalue weighted by atomic mass is 10.3. The molecule has 0 radical (unpaired) electrons. The van der Waals surface area contributed by atoms with Crippen molar-refractivity contribution >= 4 is 23.6 Å². The van der Waals surface area contributed by atoms with Crippen LogP contribution in [-0.4, -0.2) is 48.2 Å². The average molecular weight is 336 g/mol. The van der Waals surface area contributed by atoms with E-state index in [0.29, 0.717) is 5.82 Å². The summed E-state index contributed by atoms with van der Waals surface area (Å²) in [6.07, 6.45) is 4.37. The van der Waals surface area contributed by atoms with Crippen molar-refractivity contribution in [1.82, 2.24) is 9.97 Å². The molecule has 8 nitrogen and oxygen atoms in total. The van der Waals surface area contributed by atoms with Crippen molar-refractivity contribution in [1.29, 1.82) is 0 Å². The molecule has 1 rings (SSSR count). The van der Waals surface area contributed by atoms with Gasteiger partial charge in [-0.15, -0.1) is 0 Å². The summed E-state index contributed by atoms with van der Waals surface area (Å²) in [5.41, 5.74) is -0.228. The van der Waals surface area contributed by atoms with Crippen LogP contribution in [0.25, 0.3) is 0 Å². The van der Waals surface area contributed by atoms with Gasteiger partial charge >= 0.3 is 11.9 Å². The second kappa shape index (κ2) is 10.2. The van der Waals surface area contributed by atoms with Crippen LogP contribution < -0.4 is 10.2 Å². The Labute approximate surface area is 141 Å². The molecule has 0 aromatic carbocycles. The third-order valence-corrected chi connectivity index (χ3v) is 3.08. The number of aromatic nitrogens is 2. The van der Waals surface area contributed by atoms with Crippen LogP contribution in [0.3, 0.4) is 0 Å². The maximum absolute atomic E-state index is 11.8. The smallest absolute Gasteiger partial charge is 0.347 e. The summed E-state index contributed by atoms with van der Waals surface area (Å²) < 4.78 is 9.70. The van der Waals surface area contributed by atoms with Crippen molar-refractivity contribution in [3.63, 3.8) is 0 Å². The quantitative estimate of drug-likeness (QED) is 0.315. The molecule has 24 heavy (non-hydrogen) atoms. The first-order chi connectivity index (χ1) is 11.6. The molecule has 1 N–H and O–H groups in total. The molecule has 1 aromatic rings. The van der Waals surface area contributed by atoms with Gasteiger partial charge in [-0.25, -0.2) is 19.6 Å². The highest BCUT2D eigenvalue weighted by atomic mass is 16.6. The molecule has 0 spiro atoms. The molecule has 0 fully saturated rings. The number of hydrogen-bond donors (Lipinski definition) is 1. The summed E-state index contributed by atoms with van der Waals surface area (Å²) in [6, 6.07) is 0. The van der Waals surface area contributed by atoms with Gasteiger partial charge in [0.05, 0.1) is 25.6 Å². The Morgan fingerprint density at radius 3 is 2.04 bits per heavy atom. The summed E-state index contributed by atoms with van der Waals surface area (Å²) in [5.74, 6) is -0.352. The molecule has 0 amide bonds. The minimum Gasteiger partial charge on any atom is -0.462 e. The molecule has 1 heterocycles. The molecule has 0 aliphatic rings. The van der Waals surface area contributed by atoms with E-state index in [1.165, 1.54) is 12.4 Å². The number of nitrogens with one attached hydrogen (secondary N) is 1. The summed E-state index contributed by atoms with van der Waals surface area (Å²) in [4.78, 5) is 34.2. The molecule has 0 aliphatic heterocycles. The van der Waals surface area contributed by atoms with Crippen molar-refractivity contribution in [2.24, 2.45) is 0 Å². The van der Waals surface area contributed by atoms with Gasteiger partial charge in [-0.05, 0) is 27.7 Å². The lowest BCUT2D eigenvalue weighted by molar-refractivity contribution is -0.146. The second-order valence-corrected chi connectivity index (χ2v) is 4.58. The Balaban J connectivity index is 2.88. The van der Waals surface area contributed by atoms with Crippen LogP contribution in [0.5, 0.6) is 0 Å². The minimum absolute atomic E-state index is 0.161. The zero-order valence-corrected chi connectivity index (χ0v) is 14.5. The van der Waals surface area contributed by atoms with Crippen LogP contribution in [0.2, 0.25) is 0 Å². The predicted octanol–water partition coefficient (Wildman–Crippen LogP) is 1.74. The van der Waals surface area contributed by atoms with Gasteiger partial charge in [0.25, 0.3) is 0 Å². The highest BCUT2D eigenvalue weighted by Crippen LogP contribution is 2.11. The monoisotopic (exact) mass is 336 g/mol. The first-order valence-electron chi connectivity index (χ1n) is 7.95. The van der Waals surface area contributed by atoms with Gasteiger partial charge in [0.1, 0.15) is 11.6 Å². The van der Waals surface area contributed by atoms with Gasteiger partial charge in [-0.2, -0.15) is 0 Å². The maximum Gasteiger partial charge on any atom is 0.347 e. The molecular weight excluding hydrogens is 312 g/mol. The topological polar surface area (TPSA) is 93.6 Å². The van der Waals surface area contributed by atoms with E-state index < -0.39 is 11.9 Å². The SMILES string of the molecule is CCOC(=O)C(=CNc1cnc(N(CC)CC)cn1)C(=O)OCC. The van der Waals surface area contributed by atoms with Crippen molar-refractivity contribution in [2.45, 2.75) is 27.7 Å². The van der Waals surface area contributed by atoms with Crippen molar-refractivity contribution in [3.8, 4) is 0 Å². The summed E-state index contributed by atoms with van der Waals surface area (Å²) in [7, 11) is 0. The molecular formula is C16H24N4O4. The lowest BCUT2D eigenvalue weighted by Crippen LogP contribution is -2.23. The second-order valence-electron chi connectivity index (χ2n) is 4.58. The Morgan fingerprint density at radius 2 is 1.62 bits per heavy atom. The molecule has 0 saturated carbocycles. The van der Waals surface area contributed by atoms with Crippen LogP contribution in [0.15, 0.2) is 24.2 Å². The highest BCUT2D eigenvalue weighted by molar-refractivity contribution is 6.14. The van der Waals surface area contributed by atoms with Crippen molar-refractivity contribution in [3.05, 3.63) is 24.2 Å². The molecule has 0 atom stereocenters. The zero-order chi connectivity index (χ0) is 17.9. The molecule has 0 saturated heterocycles. The van der Waals surface area contributed by atoms with E-state index in [-0.39, 0.29) is 18.8 Å². The molecule has 1 aromatic heterocycles. The number of nitrogens with zero attached hydrogens (tertiary/aromatic N) is 3. The third-order valence-electron chi connectivity index (χ3n) is 3.08. The van der Waals surface area contributed by atoms with E-state index in [1.54, 1.807) is 20.0 Å². The number of rotatable bonds is 9. The third kappa shape index (κ3) is 5.53. The maximum atomic E-state index is 11.8. The lowest BCUT2D eigenvalue weighted by Gasteiger charge is -2.19. The van der Waals surface area contributed by atoms with Gasteiger partial charge in [-0.1, -0.05) is 0 Å². The fourth-order valence-electron chi connectivity index (χ4n) is 1.87. The van der Waals surface area contributed by atoms with Crippen LogP contribution >= 0.6 is 0 Å². The average Bonchev–Trinajstić information content (AvgIpc) is 2.58. The number of esters is 2. The van der Waals surface area contributed by atoms with Crippen molar-refractivity contribution < 1.29 is 19.1 Å². The van der Waals surface area contributed by atoms with E-state index in [2.05, 4.69) is 20.2 Å². The molecule has 0 bridgehead atoms. The van der Waals surface area contributed by atoms with E-state index in [1.807, 2.05) is 13.8 Å². The predicted molar refractivity (Wildman–Crippen MR) is 90.6 cm³/mol. The van der Waals surface area contributed by atoms with Crippen molar-refractivity contribution in [2.75, 3.05) is 36.5 Å². The Morgan fingerprint density at radius 1 is 1.04 bits per heavy atom. The van der Waals surface area contributed by atoms with Crippen LogP contribution in [0.4, 0.5) is 11.6 Å². The fraction of sp³-hybridized carbons (Fsp3) is 0.500. The highest BCUT2D eigenvalue weighted by Gasteiger charge is 2.21. The Hall–Kier alpha value is -2.64. The van der Waals surface area contributed by atoms with E-state index >= 15 is 0 Å². The standard InChI is InChI=1S/C16H24N4O4/c1-5-20(6-2)14-11-18-13(10-19-14)17-9-12(15(21)23-7-3)16(22)24-8-4/h9-11H,5-8H2,1-4H3,(H,17,18). The van der Waals surface area contributed by atoms with Gasteiger partial charge in [0.2, 0.25) is 0 Å². The Bertz CT molecular complexity index is 548. The first-order valence-corrected chi connectivity index (χ1v) is 7.95. The van der Waals surface area contributed by atoms with Gasteiger partial charge in [0, 0.05) is 19.3 Å². The first kappa shape index (κ1) is 19.4. The zero-order valence-electron chi connectivity index (χ0n) is 14.5. The Kier molecular flexibility index (Phi) is 8.24. The van der Waals surface area contributed by atoms with E-state index in [4.69, 9.17) is 9.47 Å². The van der Waals surface area contributed by atoms with Crippen LogP contribution in [-0.2, 0) is 19.1 Å². The minimum atomic E-state index is -0.754. The van der Waals surface area contributed by atoms with Crippen LogP contribution in [0.1, 0.15) is 27.7 Å². The summed E-state index contributed by atoms with van der Waals surface area (Å²) >= 11 is 0. The largest absolute Gasteiger partial charge is 0.462 e. The molecule has 132 valence electrons. The van der Waals surface area contributed by atoms with Gasteiger partial charge < -0.3 is 19.7 Å². The number of anilines is 2. The number of carbonyl (C=O) groups excluding carboxylic acids is 2. The van der Waals surface area contributed by atoms with Crippen LogP contribution in [0, 0.1) is 0 Å². The number of ether oxygens (including phenoxy) is 2. The molecule has 0 unspecified atom stereocenters.